The number of hydrogen-bond donors (Lipinski definition) is 0. The number of fused-ring (bicyclic) bond motifs is 5. The molecule has 0 aromatic rings. The number of unbranched alkanes of at least 4 members (excludes halogenated alkanes) is 11. The molecule has 252 valence electrons. The molecule has 0 radical (unpaired) electrons. The van der Waals surface area contributed by atoms with Crippen LogP contribution in [-0.4, -0.2) is 12.7 Å². The van der Waals surface area contributed by atoms with Gasteiger partial charge in [0.1, 0.15) is 0 Å². The van der Waals surface area contributed by atoms with Gasteiger partial charge in [0, 0.05) is 6.61 Å². The Kier molecular flexibility index (Phi) is 14.3. The van der Waals surface area contributed by atoms with Gasteiger partial charge >= 0.3 is 0 Å². The Morgan fingerprint density at radius 1 is 0.628 bits per heavy atom. The Labute approximate surface area is 271 Å². The van der Waals surface area contributed by atoms with Crippen molar-refractivity contribution in [2.45, 2.75) is 202 Å². The van der Waals surface area contributed by atoms with Gasteiger partial charge in [0.25, 0.3) is 0 Å². The van der Waals surface area contributed by atoms with Crippen molar-refractivity contribution < 1.29 is 4.74 Å². The molecule has 0 amide bonds. The monoisotopic (exact) mass is 599 g/mol. The molecule has 0 heterocycles. The van der Waals surface area contributed by atoms with Crippen LogP contribution in [0.25, 0.3) is 0 Å². The minimum Gasteiger partial charge on any atom is -0.378 e. The molecule has 4 saturated carbocycles. The second kappa shape index (κ2) is 17.2. The van der Waals surface area contributed by atoms with Crippen molar-refractivity contribution in [1.82, 2.24) is 0 Å². The van der Waals surface area contributed by atoms with Crippen molar-refractivity contribution in [2.24, 2.45) is 58.2 Å². The maximum Gasteiger partial charge on any atom is 0.0578 e. The Hall–Kier alpha value is -0.0400. The largest absolute Gasteiger partial charge is 0.378 e. The van der Waals surface area contributed by atoms with Gasteiger partial charge in [0.05, 0.1) is 6.10 Å². The van der Waals surface area contributed by atoms with Crippen LogP contribution in [0.4, 0.5) is 0 Å². The van der Waals surface area contributed by atoms with Gasteiger partial charge in [-0.2, -0.15) is 0 Å². The summed E-state index contributed by atoms with van der Waals surface area (Å²) < 4.78 is 6.58. The van der Waals surface area contributed by atoms with Crippen LogP contribution in [0, 0.1) is 58.2 Å². The highest BCUT2D eigenvalue weighted by molar-refractivity contribution is 5.09. The van der Waals surface area contributed by atoms with E-state index in [1.165, 1.54) is 148 Å². The molecule has 0 aromatic heterocycles. The Balaban J connectivity index is 1.14. The topological polar surface area (TPSA) is 9.23 Å². The van der Waals surface area contributed by atoms with Crippen LogP contribution in [0.15, 0.2) is 0 Å². The van der Waals surface area contributed by atoms with Gasteiger partial charge in [-0.15, -0.1) is 0 Å². The lowest BCUT2D eigenvalue weighted by Crippen LogP contribution is -2.54. The molecule has 10 atom stereocenters. The lowest BCUT2D eigenvalue weighted by atomic mass is 9.44. The molecular formula is C42H78O. The average molecular weight is 599 g/mol. The van der Waals surface area contributed by atoms with Gasteiger partial charge in [-0.1, -0.05) is 132 Å². The van der Waals surface area contributed by atoms with Gasteiger partial charge in [-0.3, -0.25) is 0 Å². The van der Waals surface area contributed by atoms with E-state index in [9.17, 15) is 0 Å². The predicted octanol–water partition coefficient (Wildman–Crippen LogP) is 13.4. The Morgan fingerprint density at radius 2 is 1.23 bits per heavy atom. The van der Waals surface area contributed by atoms with Crippen LogP contribution in [0.5, 0.6) is 0 Å². The standard InChI is InChI=1S/C42H78O/c1-8-9-10-11-12-13-14-15-16-17-18-19-30-43-36-26-28-41(6)35(31-36)22-23-37-39-25-24-38(42(39,7)29-27-40(37)41)34(5)21-20-33(4)32(2)3/h32-40H,8-31H2,1-7H3/t33-,34-,35?,36+,37+,38-,39+,40+,41+,42-/m1/s1. The van der Waals surface area contributed by atoms with E-state index in [2.05, 4.69) is 48.5 Å². The Bertz CT molecular complexity index is 773. The van der Waals surface area contributed by atoms with Crippen LogP contribution in [0.2, 0.25) is 0 Å². The highest BCUT2D eigenvalue weighted by atomic mass is 16.5. The Morgan fingerprint density at radius 3 is 1.88 bits per heavy atom. The third-order valence-electron chi connectivity index (χ3n) is 14.9. The molecule has 1 unspecified atom stereocenters. The molecule has 4 rings (SSSR count). The smallest absolute Gasteiger partial charge is 0.0578 e. The molecule has 1 nitrogen and oxygen atoms in total. The number of hydrogen-bond acceptors (Lipinski definition) is 1. The molecule has 43 heavy (non-hydrogen) atoms. The highest BCUT2D eigenvalue weighted by Gasteiger charge is 2.60. The van der Waals surface area contributed by atoms with E-state index < -0.39 is 0 Å². The molecular weight excluding hydrogens is 520 g/mol. The summed E-state index contributed by atoms with van der Waals surface area (Å²) in [5.74, 6) is 7.56. The van der Waals surface area contributed by atoms with Crippen LogP contribution in [0.1, 0.15) is 196 Å². The van der Waals surface area contributed by atoms with Gasteiger partial charge in [0.15, 0.2) is 0 Å². The first-order valence-corrected chi connectivity index (χ1v) is 20.3. The lowest BCUT2D eigenvalue weighted by Gasteiger charge is -2.61. The summed E-state index contributed by atoms with van der Waals surface area (Å²) >= 11 is 0. The summed E-state index contributed by atoms with van der Waals surface area (Å²) in [6.45, 7) is 18.8. The zero-order valence-corrected chi connectivity index (χ0v) is 30.6. The maximum atomic E-state index is 6.58. The first-order chi connectivity index (χ1) is 20.7. The summed E-state index contributed by atoms with van der Waals surface area (Å²) in [5, 5.41) is 0. The SMILES string of the molecule is CCCCCCCCCCCCCCO[C@H]1CC[C@@]2(C)C(CC[C@H]3[C@@H]4CC[C@H]([C@H](C)CC[C@@H](C)C(C)C)[C@@]4(C)CC[C@@H]32)C1. The van der Waals surface area contributed by atoms with Crippen LogP contribution < -0.4 is 0 Å². The van der Waals surface area contributed by atoms with Crippen LogP contribution >= 0.6 is 0 Å². The molecule has 0 N–H and O–H groups in total. The van der Waals surface area contributed by atoms with E-state index in [1.54, 1.807) is 0 Å². The summed E-state index contributed by atoms with van der Waals surface area (Å²) in [4.78, 5) is 0. The summed E-state index contributed by atoms with van der Waals surface area (Å²) in [6.07, 6.45) is 33.8. The van der Waals surface area contributed by atoms with E-state index in [4.69, 9.17) is 4.74 Å². The second-order valence-corrected chi connectivity index (χ2v) is 17.8. The predicted molar refractivity (Wildman–Crippen MR) is 188 cm³/mol. The van der Waals surface area contributed by atoms with E-state index in [1.807, 2.05) is 0 Å². The van der Waals surface area contributed by atoms with Crippen LogP contribution in [0.3, 0.4) is 0 Å². The normalized spacial score (nSPS) is 37.1. The molecule has 4 aliphatic rings. The average Bonchev–Trinajstić information content (AvgIpc) is 3.35. The quantitative estimate of drug-likeness (QED) is 0.134. The zero-order valence-electron chi connectivity index (χ0n) is 30.6. The molecule has 4 fully saturated rings. The molecule has 0 aromatic carbocycles. The van der Waals surface area contributed by atoms with Crippen molar-refractivity contribution in [3.63, 3.8) is 0 Å². The van der Waals surface area contributed by atoms with Gasteiger partial charge < -0.3 is 4.74 Å². The highest BCUT2D eigenvalue weighted by Crippen LogP contribution is 2.68. The van der Waals surface area contributed by atoms with Gasteiger partial charge in [-0.05, 0) is 122 Å². The zero-order chi connectivity index (χ0) is 30.9. The molecule has 0 bridgehead atoms. The van der Waals surface area contributed by atoms with Gasteiger partial charge in [-0.25, -0.2) is 0 Å². The summed E-state index contributed by atoms with van der Waals surface area (Å²) in [6, 6.07) is 0. The minimum absolute atomic E-state index is 0.557. The fourth-order valence-electron chi connectivity index (χ4n) is 11.6. The van der Waals surface area contributed by atoms with Crippen molar-refractivity contribution in [3.8, 4) is 0 Å². The van der Waals surface area contributed by atoms with Crippen molar-refractivity contribution in [1.29, 1.82) is 0 Å². The van der Waals surface area contributed by atoms with Crippen molar-refractivity contribution in [2.75, 3.05) is 6.61 Å². The third-order valence-corrected chi connectivity index (χ3v) is 14.9. The van der Waals surface area contributed by atoms with Crippen molar-refractivity contribution in [3.05, 3.63) is 0 Å². The summed E-state index contributed by atoms with van der Waals surface area (Å²) in [5.41, 5.74) is 1.22. The second-order valence-electron chi connectivity index (χ2n) is 17.8. The fourth-order valence-corrected chi connectivity index (χ4v) is 11.6. The molecule has 0 aliphatic heterocycles. The number of ether oxygens (including phenoxy) is 1. The lowest BCUT2D eigenvalue weighted by molar-refractivity contribution is -0.137. The molecule has 1 heteroatoms. The maximum absolute atomic E-state index is 6.58. The molecule has 0 spiro atoms. The van der Waals surface area contributed by atoms with E-state index in [0.717, 1.165) is 54.0 Å². The minimum atomic E-state index is 0.557. The first kappa shape index (κ1) is 35.8. The third kappa shape index (κ3) is 9.07. The molecule has 0 saturated heterocycles. The van der Waals surface area contributed by atoms with E-state index >= 15 is 0 Å². The summed E-state index contributed by atoms with van der Waals surface area (Å²) in [7, 11) is 0. The first-order valence-electron chi connectivity index (χ1n) is 20.3. The van der Waals surface area contributed by atoms with Crippen molar-refractivity contribution >= 4 is 0 Å². The van der Waals surface area contributed by atoms with Crippen LogP contribution in [-0.2, 0) is 4.74 Å². The number of rotatable bonds is 19. The molecule has 4 aliphatic carbocycles. The van der Waals surface area contributed by atoms with Gasteiger partial charge in [0.2, 0.25) is 0 Å². The fraction of sp³-hybridized carbons (Fsp3) is 1.00. The van der Waals surface area contributed by atoms with E-state index in [0.29, 0.717) is 16.9 Å². The van der Waals surface area contributed by atoms with E-state index in [-0.39, 0.29) is 0 Å².